The first kappa shape index (κ1) is 28.7. The number of ether oxygens (including phenoxy) is 2. The van der Waals surface area contributed by atoms with Crippen LogP contribution in [0, 0.1) is 6.92 Å². The molecule has 0 radical (unpaired) electrons. The van der Waals surface area contributed by atoms with E-state index in [2.05, 4.69) is 15.6 Å². The smallest absolute Gasteiger partial charge is 0.242 e. The van der Waals surface area contributed by atoms with Crippen LogP contribution < -0.4 is 15.4 Å². The van der Waals surface area contributed by atoms with Crippen LogP contribution >= 0.6 is 24.0 Å². The number of halogens is 1. The highest BCUT2D eigenvalue weighted by atomic mass is 127. The van der Waals surface area contributed by atoms with Crippen molar-refractivity contribution in [2.45, 2.75) is 33.9 Å². The third-order valence-corrected chi connectivity index (χ3v) is 4.88. The van der Waals surface area contributed by atoms with Crippen LogP contribution in [0.25, 0.3) is 0 Å². The zero-order valence-electron chi connectivity index (χ0n) is 20.1. The van der Waals surface area contributed by atoms with Gasteiger partial charge in [0.05, 0.1) is 19.7 Å². The van der Waals surface area contributed by atoms with Gasteiger partial charge in [-0.25, -0.2) is 4.99 Å². The summed E-state index contributed by atoms with van der Waals surface area (Å²) >= 11 is 0. The van der Waals surface area contributed by atoms with Gasteiger partial charge in [-0.05, 0) is 38.0 Å². The molecule has 0 fully saturated rings. The number of likely N-dealkylation sites (N-methyl/N-ethyl adjacent to an activating group) is 1. The van der Waals surface area contributed by atoms with Gasteiger partial charge < -0.3 is 25.0 Å². The Morgan fingerprint density at radius 2 is 1.82 bits per heavy atom. The van der Waals surface area contributed by atoms with Crippen molar-refractivity contribution in [2.24, 2.45) is 4.99 Å². The van der Waals surface area contributed by atoms with Crippen LogP contribution in [0.15, 0.2) is 53.5 Å². The predicted molar refractivity (Wildman–Crippen MR) is 144 cm³/mol. The number of amides is 1. The topological polar surface area (TPSA) is 75.2 Å². The summed E-state index contributed by atoms with van der Waals surface area (Å²) in [5, 5.41) is 6.37. The molecule has 0 unspecified atom stereocenters. The van der Waals surface area contributed by atoms with Crippen LogP contribution in [-0.2, 0) is 22.6 Å². The number of aliphatic imine (C=N–C) groups is 1. The van der Waals surface area contributed by atoms with Gasteiger partial charge >= 0.3 is 0 Å². The molecule has 0 atom stereocenters. The second-order valence-corrected chi connectivity index (χ2v) is 7.39. The fraction of sp³-hybridized carbons (Fsp3) is 0.440. The minimum atomic E-state index is 0. The number of carbonyl (C=O) groups is 1. The molecule has 0 saturated carbocycles. The molecule has 2 rings (SSSR count). The van der Waals surface area contributed by atoms with Crippen LogP contribution in [0.1, 0.15) is 30.5 Å². The number of rotatable bonds is 12. The monoisotopic (exact) mass is 568 g/mol. The number of carbonyl (C=O) groups excluding carboxylic acids is 1. The standard InChI is InChI=1S/C25H36N4O3.HI/c1-5-26-25(27-17-22-13-12-20(3)16-23(22)32-15-14-31-4)28-18-24(30)29(6-2)19-21-10-8-7-9-11-21;/h7-13,16H,5-6,14-15,17-19H2,1-4H3,(H2,26,27,28);1H. The maximum atomic E-state index is 12.7. The lowest BCUT2D eigenvalue weighted by Crippen LogP contribution is -2.44. The molecule has 33 heavy (non-hydrogen) atoms. The van der Waals surface area contributed by atoms with E-state index in [0.29, 0.717) is 45.4 Å². The first-order valence-corrected chi connectivity index (χ1v) is 11.1. The second kappa shape index (κ2) is 16.3. The van der Waals surface area contributed by atoms with Crippen molar-refractivity contribution in [3.05, 3.63) is 65.2 Å². The summed E-state index contributed by atoms with van der Waals surface area (Å²) in [6, 6.07) is 16.1. The van der Waals surface area contributed by atoms with Crippen molar-refractivity contribution >= 4 is 35.8 Å². The highest BCUT2D eigenvalue weighted by Gasteiger charge is 2.13. The Balaban J connectivity index is 0.00000544. The van der Waals surface area contributed by atoms with Crippen LogP contribution in [-0.4, -0.2) is 56.7 Å². The molecule has 1 amide bonds. The fourth-order valence-electron chi connectivity index (χ4n) is 3.12. The number of methoxy groups -OCH3 is 1. The summed E-state index contributed by atoms with van der Waals surface area (Å²) in [6.07, 6.45) is 0. The molecule has 0 aliphatic carbocycles. The Hall–Kier alpha value is -2.33. The number of aryl methyl sites for hydroxylation is 1. The second-order valence-electron chi connectivity index (χ2n) is 7.39. The molecule has 0 bridgehead atoms. The number of benzene rings is 2. The minimum absolute atomic E-state index is 0. The van der Waals surface area contributed by atoms with Gasteiger partial charge in [-0.15, -0.1) is 24.0 Å². The Kier molecular flexibility index (Phi) is 14.2. The molecule has 7 nitrogen and oxygen atoms in total. The molecule has 0 heterocycles. The van der Waals surface area contributed by atoms with Gasteiger partial charge in [0.1, 0.15) is 12.4 Å². The number of hydrogen-bond donors (Lipinski definition) is 2. The van der Waals surface area contributed by atoms with E-state index in [4.69, 9.17) is 9.47 Å². The van der Waals surface area contributed by atoms with Crippen molar-refractivity contribution in [1.29, 1.82) is 0 Å². The minimum Gasteiger partial charge on any atom is -0.491 e. The average Bonchev–Trinajstić information content (AvgIpc) is 2.80. The van der Waals surface area contributed by atoms with Crippen molar-refractivity contribution in [3.63, 3.8) is 0 Å². The van der Waals surface area contributed by atoms with Gasteiger partial charge in [-0.2, -0.15) is 0 Å². The third kappa shape index (κ3) is 10.4. The Morgan fingerprint density at radius 1 is 1.06 bits per heavy atom. The van der Waals surface area contributed by atoms with Crippen molar-refractivity contribution in [1.82, 2.24) is 15.5 Å². The molecule has 0 aliphatic rings. The van der Waals surface area contributed by atoms with E-state index in [0.717, 1.165) is 22.4 Å². The zero-order valence-corrected chi connectivity index (χ0v) is 22.4. The predicted octanol–water partition coefficient (Wildman–Crippen LogP) is 3.74. The van der Waals surface area contributed by atoms with Gasteiger partial charge in [0.25, 0.3) is 0 Å². The van der Waals surface area contributed by atoms with Gasteiger partial charge in [-0.1, -0.05) is 42.5 Å². The average molecular weight is 569 g/mol. The summed E-state index contributed by atoms with van der Waals surface area (Å²) in [6.45, 7) is 9.59. The molecule has 2 aromatic rings. The van der Waals surface area contributed by atoms with Crippen molar-refractivity contribution < 1.29 is 14.3 Å². The van der Waals surface area contributed by atoms with E-state index in [9.17, 15) is 4.79 Å². The molecule has 0 spiro atoms. The van der Waals surface area contributed by atoms with Crippen LogP contribution in [0.2, 0.25) is 0 Å². The molecule has 0 aliphatic heterocycles. The van der Waals surface area contributed by atoms with Crippen LogP contribution in [0.4, 0.5) is 0 Å². The lowest BCUT2D eigenvalue weighted by atomic mass is 10.1. The Morgan fingerprint density at radius 3 is 2.48 bits per heavy atom. The SMILES string of the molecule is CCNC(=NCc1ccc(C)cc1OCCOC)NCC(=O)N(CC)Cc1ccccc1.I. The molecular formula is C25H37IN4O3. The maximum absolute atomic E-state index is 12.7. The Bertz CT molecular complexity index is 862. The van der Waals surface area contributed by atoms with E-state index in [1.54, 1.807) is 7.11 Å². The quantitative estimate of drug-likeness (QED) is 0.177. The van der Waals surface area contributed by atoms with E-state index < -0.39 is 0 Å². The summed E-state index contributed by atoms with van der Waals surface area (Å²) in [5.74, 6) is 1.43. The summed E-state index contributed by atoms with van der Waals surface area (Å²) in [7, 11) is 1.65. The molecule has 0 saturated heterocycles. The third-order valence-electron chi connectivity index (χ3n) is 4.88. The lowest BCUT2D eigenvalue weighted by molar-refractivity contribution is -0.130. The van der Waals surface area contributed by atoms with Gasteiger partial charge in [-0.3, -0.25) is 4.79 Å². The van der Waals surface area contributed by atoms with E-state index in [1.807, 2.05) is 74.2 Å². The normalized spacial score (nSPS) is 10.8. The van der Waals surface area contributed by atoms with Crippen molar-refractivity contribution in [2.75, 3.05) is 40.0 Å². The maximum Gasteiger partial charge on any atom is 0.242 e. The first-order valence-electron chi connectivity index (χ1n) is 11.1. The fourth-order valence-corrected chi connectivity index (χ4v) is 3.12. The largest absolute Gasteiger partial charge is 0.491 e. The summed E-state index contributed by atoms with van der Waals surface area (Å²) in [5.41, 5.74) is 3.22. The van der Waals surface area contributed by atoms with Crippen LogP contribution in [0.5, 0.6) is 5.75 Å². The zero-order chi connectivity index (χ0) is 23.2. The number of nitrogens with zero attached hydrogens (tertiary/aromatic N) is 2. The van der Waals surface area contributed by atoms with E-state index >= 15 is 0 Å². The molecule has 182 valence electrons. The van der Waals surface area contributed by atoms with Gasteiger partial charge in [0, 0.05) is 32.3 Å². The molecule has 8 heteroatoms. The Labute approximate surface area is 215 Å². The highest BCUT2D eigenvalue weighted by molar-refractivity contribution is 14.0. The lowest BCUT2D eigenvalue weighted by Gasteiger charge is -2.22. The molecule has 0 aromatic heterocycles. The summed E-state index contributed by atoms with van der Waals surface area (Å²) < 4.78 is 10.9. The summed E-state index contributed by atoms with van der Waals surface area (Å²) in [4.78, 5) is 19.2. The van der Waals surface area contributed by atoms with Crippen LogP contribution in [0.3, 0.4) is 0 Å². The molecular weight excluding hydrogens is 531 g/mol. The number of guanidine groups is 1. The number of nitrogens with one attached hydrogen (secondary N) is 2. The first-order chi connectivity index (χ1) is 15.6. The van der Waals surface area contributed by atoms with Crippen molar-refractivity contribution in [3.8, 4) is 5.75 Å². The number of hydrogen-bond acceptors (Lipinski definition) is 4. The highest BCUT2D eigenvalue weighted by Crippen LogP contribution is 2.21. The molecule has 2 N–H and O–H groups in total. The van der Waals surface area contributed by atoms with Gasteiger partial charge in [0.15, 0.2) is 5.96 Å². The van der Waals surface area contributed by atoms with E-state index in [1.165, 1.54) is 0 Å². The molecule has 2 aromatic carbocycles. The van der Waals surface area contributed by atoms with Gasteiger partial charge in [0.2, 0.25) is 5.91 Å². The van der Waals surface area contributed by atoms with E-state index in [-0.39, 0.29) is 36.4 Å².